The zero-order valence-corrected chi connectivity index (χ0v) is 17.1. The molecule has 29 heavy (non-hydrogen) atoms. The summed E-state index contributed by atoms with van der Waals surface area (Å²) in [5.41, 5.74) is 3.71. The van der Waals surface area contributed by atoms with Gasteiger partial charge in [-0.3, -0.25) is 4.79 Å². The molecule has 3 nitrogen and oxygen atoms in total. The summed E-state index contributed by atoms with van der Waals surface area (Å²) in [4.78, 5) is 12.7. The molecule has 1 heterocycles. The van der Waals surface area contributed by atoms with Crippen molar-refractivity contribution in [3.8, 4) is 11.5 Å². The second-order valence-electron chi connectivity index (χ2n) is 7.34. The third kappa shape index (κ3) is 4.36. The first-order chi connectivity index (χ1) is 14.0. The van der Waals surface area contributed by atoms with Gasteiger partial charge in [0.2, 0.25) is 5.78 Å². The summed E-state index contributed by atoms with van der Waals surface area (Å²) in [5.74, 6) is 1.83. The maximum atomic E-state index is 12.7. The summed E-state index contributed by atoms with van der Waals surface area (Å²) in [5, 5.41) is 0.671. The maximum absolute atomic E-state index is 12.7. The molecule has 4 rings (SSSR count). The highest BCUT2D eigenvalue weighted by molar-refractivity contribution is 6.30. The van der Waals surface area contributed by atoms with Crippen LogP contribution in [-0.2, 0) is 6.61 Å². The van der Waals surface area contributed by atoms with Crippen LogP contribution >= 0.6 is 11.6 Å². The van der Waals surface area contributed by atoms with Crippen LogP contribution in [0.25, 0.3) is 6.08 Å². The molecular formula is C25H21ClO3. The molecule has 0 saturated heterocycles. The molecule has 1 aliphatic rings. The largest absolute Gasteiger partial charge is 0.489 e. The van der Waals surface area contributed by atoms with Crippen molar-refractivity contribution in [1.82, 2.24) is 0 Å². The lowest BCUT2D eigenvalue weighted by Gasteiger charge is -2.07. The zero-order chi connectivity index (χ0) is 20.4. The predicted molar refractivity (Wildman–Crippen MR) is 116 cm³/mol. The number of carbonyl (C=O) groups is 1. The fourth-order valence-corrected chi connectivity index (χ4v) is 3.39. The van der Waals surface area contributed by atoms with Gasteiger partial charge < -0.3 is 9.47 Å². The van der Waals surface area contributed by atoms with Crippen LogP contribution < -0.4 is 9.47 Å². The van der Waals surface area contributed by atoms with Crippen molar-refractivity contribution in [2.45, 2.75) is 26.4 Å². The Kier molecular flexibility index (Phi) is 5.41. The van der Waals surface area contributed by atoms with Crippen molar-refractivity contribution in [2.75, 3.05) is 0 Å². The first-order valence-electron chi connectivity index (χ1n) is 9.55. The van der Waals surface area contributed by atoms with Gasteiger partial charge in [-0.25, -0.2) is 0 Å². The number of benzene rings is 3. The van der Waals surface area contributed by atoms with Crippen LogP contribution in [0.5, 0.6) is 11.5 Å². The van der Waals surface area contributed by atoms with Crippen LogP contribution in [0.2, 0.25) is 5.02 Å². The molecular weight excluding hydrogens is 384 g/mol. The lowest BCUT2D eigenvalue weighted by atomic mass is 10.0. The van der Waals surface area contributed by atoms with Gasteiger partial charge in [0, 0.05) is 11.1 Å². The zero-order valence-electron chi connectivity index (χ0n) is 16.3. The highest BCUT2D eigenvalue weighted by Crippen LogP contribution is 2.35. The monoisotopic (exact) mass is 404 g/mol. The van der Waals surface area contributed by atoms with Gasteiger partial charge in [-0.2, -0.15) is 0 Å². The van der Waals surface area contributed by atoms with Gasteiger partial charge in [-0.05, 0) is 52.9 Å². The predicted octanol–water partition coefficient (Wildman–Crippen LogP) is 6.66. The van der Waals surface area contributed by atoms with Gasteiger partial charge in [-0.15, -0.1) is 0 Å². The molecule has 1 aliphatic heterocycles. The first-order valence-corrected chi connectivity index (χ1v) is 9.93. The van der Waals surface area contributed by atoms with Crippen LogP contribution in [-0.4, -0.2) is 5.78 Å². The lowest BCUT2D eigenvalue weighted by molar-refractivity contribution is 0.101. The van der Waals surface area contributed by atoms with Crippen LogP contribution in [0.1, 0.15) is 46.8 Å². The van der Waals surface area contributed by atoms with Crippen LogP contribution in [0.4, 0.5) is 0 Å². The molecule has 0 N–H and O–H groups in total. The molecule has 0 fully saturated rings. The molecule has 0 spiro atoms. The fraction of sp³-hybridized carbons (Fsp3) is 0.160. The van der Waals surface area contributed by atoms with Gasteiger partial charge in [0.25, 0.3) is 0 Å². The molecule has 146 valence electrons. The number of rotatable bonds is 5. The van der Waals surface area contributed by atoms with Crippen LogP contribution in [0.15, 0.2) is 72.5 Å². The summed E-state index contributed by atoms with van der Waals surface area (Å²) in [7, 11) is 0. The number of Topliss-reactive ketones (excluding diaryl/α,β-unsaturated/α-hetero) is 1. The molecule has 0 saturated carbocycles. The Bertz CT molecular complexity index is 1080. The summed E-state index contributed by atoms with van der Waals surface area (Å²) < 4.78 is 11.7. The summed E-state index contributed by atoms with van der Waals surface area (Å²) in [6.07, 6.45) is 1.78. The molecule has 3 aromatic carbocycles. The number of allylic oxidation sites excluding steroid dienone is 1. The quantitative estimate of drug-likeness (QED) is 0.446. The molecule has 0 aliphatic carbocycles. The van der Waals surface area contributed by atoms with E-state index in [0.29, 0.717) is 40.4 Å². The molecule has 0 atom stereocenters. The number of carbonyl (C=O) groups excluding carboxylic acids is 1. The normalized spacial score (nSPS) is 14.2. The SMILES string of the molecule is CC(C)c1ccc(/C=C2\Oc3cc(OCc4cccc(Cl)c4)ccc3C2=O)cc1. The van der Waals surface area contributed by atoms with E-state index in [0.717, 1.165) is 11.1 Å². The molecule has 4 heteroatoms. The van der Waals surface area contributed by atoms with Gasteiger partial charge in [-0.1, -0.05) is 61.8 Å². The van der Waals surface area contributed by atoms with E-state index in [2.05, 4.69) is 26.0 Å². The molecule has 0 bridgehead atoms. The Labute approximate surface area is 175 Å². The van der Waals surface area contributed by atoms with E-state index < -0.39 is 0 Å². The average molecular weight is 405 g/mol. The van der Waals surface area contributed by atoms with Crippen LogP contribution in [0.3, 0.4) is 0 Å². The maximum Gasteiger partial charge on any atom is 0.231 e. The molecule has 0 amide bonds. The van der Waals surface area contributed by atoms with Gasteiger partial charge >= 0.3 is 0 Å². The second-order valence-corrected chi connectivity index (χ2v) is 7.77. The van der Waals surface area contributed by atoms with E-state index in [1.54, 1.807) is 24.3 Å². The number of fused-ring (bicyclic) bond motifs is 1. The number of ketones is 1. The average Bonchev–Trinajstić information content (AvgIpc) is 3.02. The highest BCUT2D eigenvalue weighted by Gasteiger charge is 2.27. The smallest absolute Gasteiger partial charge is 0.231 e. The standard InChI is InChI=1S/C25H21ClO3/c1-16(2)19-8-6-17(7-9-19)13-24-25(27)22-11-10-21(14-23(22)29-24)28-15-18-4-3-5-20(26)12-18/h3-14,16H,15H2,1-2H3/b24-13-. The van der Waals surface area contributed by atoms with E-state index >= 15 is 0 Å². The number of ether oxygens (including phenoxy) is 2. The molecule has 0 radical (unpaired) electrons. The van der Waals surface area contributed by atoms with E-state index in [4.69, 9.17) is 21.1 Å². The molecule has 0 unspecified atom stereocenters. The minimum absolute atomic E-state index is 0.116. The van der Waals surface area contributed by atoms with E-state index in [1.165, 1.54) is 5.56 Å². The van der Waals surface area contributed by atoms with Crippen molar-refractivity contribution >= 4 is 23.5 Å². The first kappa shape index (κ1) is 19.3. The molecule has 3 aromatic rings. The Hall–Kier alpha value is -3.04. The summed E-state index contributed by atoms with van der Waals surface area (Å²) >= 11 is 6.01. The van der Waals surface area contributed by atoms with Crippen molar-refractivity contribution in [2.24, 2.45) is 0 Å². The summed E-state index contributed by atoms with van der Waals surface area (Å²) in [6, 6.07) is 20.9. The van der Waals surface area contributed by atoms with E-state index in [-0.39, 0.29) is 5.78 Å². The topological polar surface area (TPSA) is 35.5 Å². The Morgan fingerprint density at radius 3 is 2.55 bits per heavy atom. The lowest BCUT2D eigenvalue weighted by Crippen LogP contribution is -1.98. The Balaban J connectivity index is 1.49. The van der Waals surface area contributed by atoms with Gasteiger partial charge in [0.15, 0.2) is 5.76 Å². The van der Waals surface area contributed by atoms with Gasteiger partial charge in [0.05, 0.1) is 5.56 Å². The van der Waals surface area contributed by atoms with Crippen LogP contribution in [0, 0.1) is 0 Å². The van der Waals surface area contributed by atoms with Crippen molar-refractivity contribution in [1.29, 1.82) is 0 Å². The number of hydrogen-bond donors (Lipinski definition) is 0. The van der Waals surface area contributed by atoms with Crippen molar-refractivity contribution in [3.63, 3.8) is 0 Å². The minimum Gasteiger partial charge on any atom is -0.489 e. The van der Waals surface area contributed by atoms with Crippen molar-refractivity contribution in [3.05, 3.63) is 99.8 Å². The highest BCUT2D eigenvalue weighted by atomic mass is 35.5. The Morgan fingerprint density at radius 2 is 1.83 bits per heavy atom. The van der Waals surface area contributed by atoms with Gasteiger partial charge in [0.1, 0.15) is 18.1 Å². The minimum atomic E-state index is -0.116. The van der Waals surface area contributed by atoms with E-state index in [1.807, 2.05) is 36.4 Å². The molecule has 0 aromatic heterocycles. The van der Waals surface area contributed by atoms with E-state index in [9.17, 15) is 4.79 Å². The number of halogens is 1. The summed E-state index contributed by atoms with van der Waals surface area (Å²) in [6.45, 7) is 4.69. The number of hydrogen-bond acceptors (Lipinski definition) is 3. The fourth-order valence-electron chi connectivity index (χ4n) is 3.18. The second kappa shape index (κ2) is 8.14. The third-order valence-corrected chi connectivity index (χ3v) is 5.07. The Morgan fingerprint density at radius 1 is 1.03 bits per heavy atom. The van der Waals surface area contributed by atoms with Crippen molar-refractivity contribution < 1.29 is 14.3 Å². The third-order valence-electron chi connectivity index (χ3n) is 4.84.